The van der Waals surface area contributed by atoms with Crippen LogP contribution in [0.25, 0.3) is 22.3 Å². The summed E-state index contributed by atoms with van der Waals surface area (Å²) in [5, 5.41) is 20.0. The van der Waals surface area contributed by atoms with E-state index in [-0.39, 0.29) is 11.1 Å². The molecule has 4 heteroatoms. The van der Waals surface area contributed by atoms with Crippen LogP contribution in [0.15, 0.2) is 54.6 Å². The highest BCUT2D eigenvalue weighted by molar-refractivity contribution is 6.04. The summed E-state index contributed by atoms with van der Waals surface area (Å²) in [5.74, 6) is -1.49. The molecule has 0 atom stereocenters. The fraction of sp³-hybridized carbons (Fsp3) is 0.333. The third-order valence-corrected chi connectivity index (χ3v) is 7.10. The SMILES string of the molecule is CCCCc1c(C2CCCC2)cc(C)c(-c2ccccc2C(=O)O)c1-c1ccccc1C(=O)O. The zero-order chi connectivity index (χ0) is 24.2. The van der Waals surface area contributed by atoms with Gasteiger partial charge in [0.05, 0.1) is 11.1 Å². The van der Waals surface area contributed by atoms with Gasteiger partial charge in [-0.15, -0.1) is 0 Å². The first-order valence-corrected chi connectivity index (χ1v) is 12.3. The number of carboxylic acids is 2. The number of unbranched alkanes of at least 4 members (excludes halogenated alkanes) is 1. The molecule has 3 aromatic rings. The van der Waals surface area contributed by atoms with E-state index in [1.165, 1.54) is 24.0 Å². The molecule has 2 N–H and O–H groups in total. The number of rotatable bonds is 8. The summed E-state index contributed by atoms with van der Waals surface area (Å²) in [6.07, 6.45) is 7.56. The Bertz CT molecular complexity index is 1220. The van der Waals surface area contributed by atoms with E-state index in [4.69, 9.17) is 0 Å². The molecule has 4 rings (SSSR count). The van der Waals surface area contributed by atoms with Crippen molar-refractivity contribution in [2.45, 2.75) is 64.7 Å². The lowest BCUT2D eigenvalue weighted by Crippen LogP contribution is -2.09. The first-order valence-electron chi connectivity index (χ1n) is 12.3. The topological polar surface area (TPSA) is 74.6 Å². The van der Waals surface area contributed by atoms with Gasteiger partial charge >= 0.3 is 11.9 Å². The van der Waals surface area contributed by atoms with E-state index in [0.29, 0.717) is 17.0 Å². The molecule has 1 saturated carbocycles. The lowest BCUT2D eigenvalue weighted by atomic mass is 9.78. The molecule has 1 aliphatic rings. The van der Waals surface area contributed by atoms with Crippen LogP contribution in [0, 0.1) is 6.92 Å². The van der Waals surface area contributed by atoms with Crippen molar-refractivity contribution in [2.24, 2.45) is 0 Å². The van der Waals surface area contributed by atoms with E-state index in [1.807, 2.05) is 31.2 Å². The van der Waals surface area contributed by atoms with Gasteiger partial charge in [0.1, 0.15) is 0 Å². The van der Waals surface area contributed by atoms with Crippen LogP contribution in [0.5, 0.6) is 0 Å². The number of benzene rings is 3. The smallest absolute Gasteiger partial charge is 0.336 e. The maximum atomic E-state index is 12.3. The standard InChI is InChI=1S/C30H32O4/c1-3-4-13-23-26(20-11-5-6-12-20)18-19(2)27(21-14-7-9-16-24(21)29(31)32)28(23)22-15-8-10-17-25(22)30(33)34/h7-10,14-18,20H,3-6,11-13H2,1-2H3,(H,31,32)(H,33,34). The molecular formula is C30H32O4. The second kappa shape index (κ2) is 10.3. The zero-order valence-electron chi connectivity index (χ0n) is 19.9. The summed E-state index contributed by atoms with van der Waals surface area (Å²) in [5.41, 5.74) is 7.00. The third-order valence-electron chi connectivity index (χ3n) is 7.10. The maximum absolute atomic E-state index is 12.3. The van der Waals surface area contributed by atoms with E-state index in [0.717, 1.165) is 48.8 Å². The van der Waals surface area contributed by atoms with Crippen LogP contribution in [-0.4, -0.2) is 22.2 Å². The molecule has 0 radical (unpaired) electrons. The molecule has 0 aliphatic heterocycles. The Morgan fingerprint density at radius 1 is 0.853 bits per heavy atom. The quantitative estimate of drug-likeness (QED) is 0.364. The van der Waals surface area contributed by atoms with Gasteiger partial charge in [-0.2, -0.15) is 0 Å². The minimum atomic E-state index is -0.984. The van der Waals surface area contributed by atoms with E-state index in [2.05, 4.69) is 13.0 Å². The summed E-state index contributed by atoms with van der Waals surface area (Å²) in [4.78, 5) is 24.4. The van der Waals surface area contributed by atoms with E-state index >= 15 is 0 Å². The van der Waals surface area contributed by atoms with Crippen LogP contribution < -0.4 is 0 Å². The average Bonchev–Trinajstić information content (AvgIpc) is 3.37. The van der Waals surface area contributed by atoms with Crippen molar-refractivity contribution in [3.05, 3.63) is 82.4 Å². The van der Waals surface area contributed by atoms with E-state index < -0.39 is 11.9 Å². The van der Waals surface area contributed by atoms with Crippen molar-refractivity contribution in [3.8, 4) is 22.3 Å². The van der Waals surface area contributed by atoms with Crippen LogP contribution in [0.3, 0.4) is 0 Å². The Morgan fingerprint density at radius 3 is 1.91 bits per heavy atom. The molecule has 1 fully saturated rings. The summed E-state index contributed by atoms with van der Waals surface area (Å²) < 4.78 is 0. The highest BCUT2D eigenvalue weighted by Crippen LogP contribution is 2.46. The number of aromatic carboxylic acids is 2. The molecule has 0 aromatic heterocycles. The molecule has 0 unspecified atom stereocenters. The molecule has 4 nitrogen and oxygen atoms in total. The van der Waals surface area contributed by atoms with Crippen LogP contribution in [-0.2, 0) is 6.42 Å². The second-order valence-corrected chi connectivity index (χ2v) is 9.30. The summed E-state index contributed by atoms with van der Waals surface area (Å²) in [7, 11) is 0. The van der Waals surface area contributed by atoms with Crippen LogP contribution in [0.2, 0.25) is 0 Å². The maximum Gasteiger partial charge on any atom is 0.336 e. The second-order valence-electron chi connectivity index (χ2n) is 9.30. The summed E-state index contributed by atoms with van der Waals surface area (Å²) >= 11 is 0. The first-order chi connectivity index (χ1) is 16.4. The van der Waals surface area contributed by atoms with Crippen molar-refractivity contribution < 1.29 is 19.8 Å². The number of aryl methyl sites for hydroxylation is 1. The van der Waals surface area contributed by atoms with Crippen LogP contribution in [0.4, 0.5) is 0 Å². The van der Waals surface area contributed by atoms with Gasteiger partial charge in [-0.05, 0) is 89.6 Å². The van der Waals surface area contributed by atoms with E-state index in [1.54, 1.807) is 24.3 Å². The largest absolute Gasteiger partial charge is 0.478 e. The fourth-order valence-electron chi connectivity index (χ4n) is 5.53. The van der Waals surface area contributed by atoms with Gasteiger partial charge in [0.15, 0.2) is 0 Å². The molecule has 0 spiro atoms. The van der Waals surface area contributed by atoms with Gasteiger partial charge in [0, 0.05) is 0 Å². The number of hydrogen-bond acceptors (Lipinski definition) is 2. The lowest BCUT2D eigenvalue weighted by Gasteiger charge is -2.26. The molecule has 3 aromatic carbocycles. The summed E-state index contributed by atoms with van der Waals surface area (Å²) in [6, 6.07) is 16.4. The normalized spacial score (nSPS) is 13.8. The minimum Gasteiger partial charge on any atom is -0.478 e. The molecular weight excluding hydrogens is 424 g/mol. The van der Waals surface area contributed by atoms with Crippen LogP contribution in [0.1, 0.15) is 88.8 Å². The Labute approximate surface area is 201 Å². The third kappa shape index (κ3) is 4.50. The van der Waals surface area contributed by atoms with E-state index in [9.17, 15) is 19.8 Å². The first kappa shape index (κ1) is 23.7. The zero-order valence-corrected chi connectivity index (χ0v) is 19.9. The minimum absolute atomic E-state index is 0.231. The Balaban J connectivity index is 2.14. The predicted octanol–water partition coefficient (Wildman–Crippen LogP) is 7.73. The van der Waals surface area contributed by atoms with Crippen molar-refractivity contribution in [3.63, 3.8) is 0 Å². The predicted molar refractivity (Wildman–Crippen MR) is 136 cm³/mol. The number of hydrogen-bond donors (Lipinski definition) is 2. The average molecular weight is 457 g/mol. The molecule has 34 heavy (non-hydrogen) atoms. The Kier molecular flexibility index (Phi) is 7.16. The van der Waals surface area contributed by atoms with Crippen molar-refractivity contribution >= 4 is 11.9 Å². The molecule has 0 saturated heterocycles. The van der Waals surface area contributed by atoms with Gasteiger partial charge in [-0.25, -0.2) is 9.59 Å². The Morgan fingerprint density at radius 2 is 1.38 bits per heavy atom. The van der Waals surface area contributed by atoms with Crippen molar-refractivity contribution in [2.75, 3.05) is 0 Å². The number of carbonyl (C=O) groups is 2. The highest BCUT2D eigenvalue weighted by atomic mass is 16.4. The fourth-order valence-corrected chi connectivity index (χ4v) is 5.53. The molecule has 1 aliphatic carbocycles. The van der Waals surface area contributed by atoms with Gasteiger partial charge in [0.2, 0.25) is 0 Å². The summed E-state index contributed by atoms with van der Waals surface area (Å²) in [6.45, 7) is 4.19. The molecule has 0 heterocycles. The molecule has 0 amide bonds. The van der Waals surface area contributed by atoms with Crippen molar-refractivity contribution in [1.29, 1.82) is 0 Å². The highest BCUT2D eigenvalue weighted by Gasteiger charge is 2.28. The van der Waals surface area contributed by atoms with Gasteiger partial charge < -0.3 is 10.2 Å². The van der Waals surface area contributed by atoms with Gasteiger partial charge in [-0.3, -0.25) is 0 Å². The lowest BCUT2D eigenvalue weighted by molar-refractivity contribution is 0.0686. The monoisotopic (exact) mass is 456 g/mol. The molecule has 176 valence electrons. The van der Waals surface area contributed by atoms with Crippen molar-refractivity contribution in [1.82, 2.24) is 0 Å². The molecule has 0 bridgehead atoms. The van der Waals surface area contributed by atoms with Gasteiger partial charge in [0.25, 0.3) is 0 Å². The number of carboxylic acid groups (broad SMARTS) is 2. The Hall–Kier alpha value is -3.40. The van der Waals surface area contributed by atoms with Crippen LogP contribution >= 0.6 is 0 Å². The van der Waals surface area contributed by atoms with Gasteiger partial charge in [-0.1, -0.05) is 68.7 Å².